The van der Waals surface area contributed by atoms with Gasteiger partial charge in [0, 0.05) is 25.3 Å². The van der Waals surface area contributed by atoms with E-state index in [1.807, 2.05) is 6.20 Å². The van der Waals surface area contributed by atoms with Crippen molar-refractivity contribution in [3.63, 3.8) is 0 Å². The first-order valence-electron chi connectivity index (χ1n) is 6.67. The molecule has 0 aliphatic heterocycles. The first-order chi connectivity index (χ1) is 8.56. The Morgan fingerprint density at radius 2 is 1.89 bits per heavy atom. The number of hydrogen-bond acceptors (Lipinski definition) is 5. The average molecular weight is 256 g/mol. The average Bonchev–Trinajstić information content (AvgIpc) is 2.30. The third-order valence-electron chi connectivity index (χ3n) is 2.22. The van der Waals surface area contributed by atoms with E-state index in [0.29, 0.717) is 18.6 Å². The quantitative estimate of drug-likeness (QED) is 0.393. The van der Waals surface area contributed by atoms with Gasteiger partial charge in [0.25, 0.3) is 0 Å². The lowest BCUT2D eigenvalue weighted by Crippen LogP contribution is -2.27. The van der Waals surface area contributed by atoms with Gasteiger partial charge in [-0.3, -0.25) is 0 Å². The maximum Gasteiger partial charge on any atom is 0.0782 e. The number of rotatable bonds is 11. The summed E-state index contributed by atoms with van der Waals surface area (Å²) in [7, 11) is 0. The lowest BCUT2D eigenvalue weighted by atomic mass is 10.1. The van der Waals surface area contributed by atoms with Crippen molar-refractivity contribution in [1.29, 1.82) is 5.53 Å². The molecule has 0 amide bonds. The fourth-order valence-corrected chi connectivity index (χ4v) is 1.40. The molecule has 0 rings (SSSR count). The zero-order chi connectivity index (χ0) is 13.8. The standard InChI is InChI=1S/C13H28N4O/c1-11(2)9-13(17-14)10-15-5-7-18-8-6-16-12(3)4/h10-12,14-16H,5-9H2,1-4H3/b13-10-,17-14?. The molecule has 5 nitrogen and oxygen atoms in total. The van der Waals surface area contributed by atoms with Crippen molar-refractivity contribution in [1.82, 2.24) is 10.6 Å². The summed E-state index contributed by atoms with van der Waals surface area (Å²) in [6.45, 7) is 11.5. The number of nitrogens with one attached hydrogen (secondary N) is 3. The Balaban J connectivity index is 3.47. The van der Waals surface area contributed by atoms with E-state index in [9.17, 15) is 0 Å². The molecule has 0 aliphatic rings. The second-order valence-corrected chi connectivity index (χ2v) is 5.02. The van der Waals surface area contributed by atoms with Crippen molar-refractivity contribution in [2.24, 2.45) is 11.0 Å². The van der Waals surface area contributed by atoms with E-state index < -0.39 is 0 Å². The first-order valence-corrected chi connectivity index (χ1v) is 6.67. The minimum atomic E-state index is 0.506. The second-order valence-electron chi connectivity index (χ2n) is 5.02. The van der Waals surface area contributed by atoms with Gasteiger partial charge in [-0.15, -0.1) is 0 Å². The maximum absolute atomic E-state index is 7.04. The van der Waals surface area contributed by atoms with Crippen LogP contribution in [-0.4, -0.2) is 32.3 Å². The van der Waals surface area contributed by atoms with Gasteiger partial charge >= 0.3 is 0 Å². The topological polar surface area (TPSA) is 69.5 Å². The van der Waals surface area contributed by atoms with E-state index in [0.717, 1.165) is 31.8 Å². The number of hydrogen-bond donors (Lipinski definition) is 3. The van der Waals surface area contributed by atoms with Crippen LogP contribution in [0.2, 0.25) is 0 Å². The van der Waals surface area contributed by atoms with E-state index in [2.05, 4.69) is 43.4 Å². The Kier molecular flexibility index (Phi) is 10.6. The van der Waals surface area contributed by atoms with Crippen LogP contribution in [0.1, 0.15) is 34.1 Å². The molecular formula is C13H28N4O. The molecule has 106 valence electrons. The van der Waals surface area contributed by atoms with Crippen LogP contribution in [0, 0.1) is 11.4 Å². The summed E-state index contributed by atoms with van der Waals surface area (Å²) >= 11 is 0. The van der Waals surface area contributed by atoms with Gasteiger partial charge in [0.15, 0.2) is 0 Å². The van der Waals surface area contributed by atoms with Gasteiger partial charge in [0.2, 0.25) is 0 Å². The largest absolute Gasteiger partial charge is 0.387 e. The van der Waals surface area contributed by atoms with Gasteiger partial charge in [0.1, 0.15) is 0 Å². The summed E-state index contributed by atoms with van der Waals surface area (Å²) in [5.41, 5.74) is 7.83. The van der Waals surface area contributed by atoms with Crippen LogP contribution in [0.4, 0.5) is 0 Å². The van der Waals surface area contributed by atoms with E-state index in [1.165, 1.54) is 0 Å². The molecule has 0 fully saturated rings. The third-order valence-corrected chi connectivity index (χ3v) is 2.22. The molecule has 0 aliphatic carbocycles. The highest BCUT2D eigenvalue weighted by atomic mass is 16.5. The molecule has 0 heterocycles. The Morgan fingerprint density at radius 3 is 2.44 bits per heavy atom. The minimum absolute atomic E-state index is 0.506. The normalized spacial score (nSPS) is 12.2. The van der Waals surface area contributed by atoms with Gasteiger partial charge < -0.3 is 15.4 Å². The van der Waals surface area contributed by atoms with Gasteiger partial charge in [-0.25, -0.2) is 5.53 Å². The zero-order valence-corrected chi connectivity index (χ0v) is 12.1. The molecule has 0 aromatic carbocycles. The predicted molar refractivity (Wildman–Crippen MR) is 74.6 cm³/mol. The lowest BCUT2D eigenvalue weighted by molar-refractivity contribution is 0.138. The van der Waals surface area contributed by atoms with Crippen molar-refractivity contribution >= 4 is 0 Å². The summed E-state index contributed by atoms with van der Waals surface area (Å²) in [5, 5.41) is 9.90. The van der Waals surface area contributed by atoms with Gasteiger partial charge in [-0.1, -0.05) is 27.7 Å². The fraction of sp³-hybridized carbons (Fsp3) is 0.846. The van der Waals surface area contributed by atoms with Crippen LogP contribution in [0.3, 0.4) is 0 Å². The highest BCUT2D eigenvalue weighted by Gasteiger charge is 1.99. The number of allylic oxidation sites excluding steroid dienone is 1. The molecule has 0 saturated carbocycles. The van der Waals surface area contributed by atoms with Crippen LogP contribution >= 0.6 is 0 Å². The van der Waals surface area contributed by atoms with Crippen molar-refractivity contribution in [2.75, 3.05) is 26.3 Å². The molecule has 0 unspecified atom stereocenters. The fourth-order valence-electron chi connectivity index (χ4n) is 1.40. The monoisotopic (exact) mass is 256 g/mol. The third kappa shape index (κ3) is 11.5. The Labute approximate surface area is 111 Å². The molecule has 0 spiro atoms. The van der Waals surface area contributed by atoms with Crippen LogP contribution < -0.4 is 10.6 Å². The summed E-state index contributed by atoms with van der Waals surface area (Å²) in [5.74, 6) is 0.519. The summed E-state index contributed by atoms with van der Waals surface area (Å²) in [6.07, 6.45) is 2.64. The zero-order valence-electron chi connectivity index (χ0n) is 12.1. The molecular weight excluding hydrogens is 228 g/mol. The van der Waals surface area contributed by atoms with E-state index >= 15 is 0 Å². The van der Waals surface area contributed by atoms with E-state index in [4.69, 9.17) is 10.3 Å². The molecule has 0 aromatic rings. The van der Waals surface area contributed by atoms with Crippen LogP contribution in [-0.2, 0) is 4.74 Å². The minimum Gasteiger partial charge on any atom is -0.387 e. The highest BCUT2D eigenvalue weighted by Crippen LogP contribution is 2.10. The van der Waals surface area contributed by atoms with Gasteiger partial charge in [-0.05, 0) is 12.3 Å². The van der Waals surface area contributed by atoms with Crippen molar-refractivity contribution < 1.29 is 4.74 Å². The number of nitrogens with zero attached hydrogens (tertiary/aromatic N) is 1. The molecule has 0 radical (unpaired) electrons. The molecule has 3 N–H and O–H groups in total. The summed E-state index contributed by atoms with van der Waals surface area (Å²) in [4.78, 5) is 0. The second kappa shape index (κ2) is 11.2. The molecule has 18 heavy (non-hydrogen) atoms. The molecule has 0 saturated heterocycles. The SMILES string of the molecule is CC(C)C/C(=C/NCCOCCNC(C)C)N=N. The molecule has 0 atom stereocenters. The smallest absolute Gasteiger partial charge is 0.0782 e. The van der Waals surface area contributed by atoms with Crippen molar-refractivity contribution in [2.45, 2.75) is 40.2 Å². The van der Waals surface area contributed by atoms with E-state index in [-0.39, 0.29) is 0 Å². The Morgan fingerprint density at radius 1 is 1.22 bits per heavy atom. The molecule has 0 bridgehead atoms. The highest BCUT2D eigenvalue weighted by molar-refractivity contribution is 4.97. The summed E-state index contributed by atoms with van der Waals surface area (Å²) < 4.78 is 5.45. The predicted octanol–water partition coefficient (Wildman–Crippen LogP) is 2.51. The maximum atomic E-state index is 7.04. The summed E-state index contributed by atoms with van der Waals surface area (Å²) in [6, 6.07) is 0.506. The number of ether oxygens (including phenoxy) is 1. The first kappa shape index (κ1) is 17.1. The van der Waals surface area contributed by atoms with Crippen LogP contribution in [0.25, 0.3) is 0 Å². The molecule has 0 aromatic heterocycles. The van der Waals surface area contributed by atoms with Gasteiger partial charge in [0.05, 0.1) is 18.9 Å². The lowest BCUT2D eigenvalue weighted by Gasteiger charge is -2.09. The Bertz CT molecular complexity index is 239. The van der Waals surface area contributed by atoms with Crippen molar-refractivity contribution in [3.05, 3.63) is 11.9 Å². The Hall–Kier alpha value is -0.940. The van der Waals surface area contributed by atoms with E-state index in [1.54, 1.807) is 0 Å². The van der Waals surface area contributed by atoms with Gasteiger partial charge in [-0.2, -0.15) is 5.11 Å². The van der Waals surface area contributed by atoms with Crippen LogP contribution in [0.15, 0.2) is 17.0 Å². The molecule has 5 heteroatoms. The van der Waals surface area contributed by atoms with Crippen LogP contribution in [0.5, 0.6) is 0 Å². The van der Waals surface area contributed by atoms with Crippen molar-refractivity contribution in [3.8, 4) is 0 Å².